The molecule has 20 heteroatoms. The molecule has 372 valence electrons. The van der Waals surface area contributed by atoms with E-state index in [2.05, 4.69) is 18.7 Å². The number of carboxylic acids is 1. The van der Waals surface area contributed by atoms with E-state index >= 15 is 0 Å². The largest absolute Gasteiger partial charge is 0.481 e. The predicted molar refractivity (Wildman–Crippen MR) is 270 cm³/mol. The molecule has 7 rings (SSSR count). The van der Waals surface area contributed by atoms with Crippen LogP contribution in [0.25, 0.3) is 27.1 Å². The van der Waals surface area contributed by atoms with Gasteiger partial charge in [-0.3, -0.25) is 23.0 Å². The van der Waals surface area contributed by atoms with Crippen molar-refractivity contribution < 1.29 is 66.4 Å². The molecule has 0 aliphatic carbocycles. The summed E-state index contributed by atoms with van der Waals surface area (Å²) in [7, 11) is -18.7. The average Bonchev–Trinajstić information content (AvgIpc) is 3.61. The van der Waals surface area contributed by atoms with Gasteiger partial charge in [0.25, 0.3) is 40.5 Å². The zero-order valence-electron chi connectivity index (χ0n) is 38.9. The van der Waals surface area contributed by atoms with Crippen LogP contribution < -0.4 is 4.90 Å². The number of nitrogens with zero attached hydrogens (tertiary/aromatic N) is 2. The van der Waals surface area contributed by atoms with E-state index in [0.717, 1.165) is 44.9 Å². The Hall–Kier alpha value is -5.58. The second-order valence-corrected chi connectivity index (χ2v) is 24.6. The lowest BCUT2D eigenvalue weighted by Gasteiger charge is -2.27. The molecule has 0 aromatic heterocycles. The van der Waals surface area contributed by atoms with Crippen molar-refractivity contribution in [1.82, 2.24) is 0 Å². The Balaban J connectivity index is 1.44. The van der Waals surface area contributed by atoms with Gasteiger partial charge in [-0.15, -0.1) is 0 Å². The Labute approximate surface area is 408 Å². The van der Waals surface area contributed by atoms with Crippen LogP contribution in [-0.4, -0.2) is 97.8 Å². The molecule has 0 bridgehead atoms. The monoisotopic (exact) mass is 1040 g/mol. The smallest absolute Gasteiger partial charge is 0.303 e. The Morgan fingerprint density at radius 3 is 2.06 bits per heavy atom. The van der Waals surface area contributed by atoms with Gasteiger partial charge >= 0.3 is 5.97 Å². The molecule has 16 nitrogen and oxygen atoms in total. The lowest BCUT2D eigenvalue weighted by atomic mass is 9.78. The quantitative estimate of drug-likeness (QED) is 0.0225. The van der Waals surface area contributed by atoms with E-state index in [-0.39, 0.29) is 43.1 Å². The molecule has 0 fully saturated rings. The number of allylic oxidation sites excluding steroid dienone is 6. The van der Waals surface area contributed by atoms with Crippen molar-refractivity contribution in [3.05, 3.63) is 137 Å². The minimum Gasteiger partial charge on any atom is -0.481 e. The number of rotatable bonds is 19. The summed E-state index contributed by atoms with van der Waals surface area (Å²) in [6.45, 7) is 8.03. The maximum Gasteiger partial charge on any atom is 0.303 e. The second kappa shape index (κ2) is 19.6. The van der Waals surface area contributed by atoms with Crippen molar-refractivity contribution in [2.75, 3.05) is 29.5 Å². The van der Waals surface area contributed by atoms with Gasteiger partial charge in [0.1, 0.15) is 11.4 Å². The third-order valence-corrected chi connectivity index (χ3v) is 16.3. The topological polar surface area (TPSA) is 261 Å². The van der Waals surface area contributed by atoms with E-state index in [0.29, 0.717) is 47.9 Å². The van der Waals surface area contributed by atoms with E-state index in [1.807, 2.05) is 85.0 Å². The lowest BCUT2D eigenvalue weighted by Crippen LogP contribution is -2.28. The first-order valence-corrected chi connectivity index (χ1v) is 28.5. The molecule has 70 heavy (non-hydrogen) atoms. The van der Waals surface area contributed by atoms with Crippen molar-refractivity contribution in [3.63, 3.8) is 0 Å². The highest BCUT2D eigenvalue weighted by molar-refractivity contribution is 7.87. The van der Waals surface area contributed by atoms with Crippen LogP contribution in [0.3, 0.4) is 0 Å². The summed E-state index contributed by atoms with van der Waals surface area (Å²) in [5.74, 6) is -1.94. The van der Waals surface area contributed by atoms with Gasteiger partial charge < -0.3 is 10.0 Å². The molecule has 2 heterocycles. The maximum atomic E-state index is 12.7. The van der Waals surface area contributed by atoms with Gasteiger partial charge in [-0.25, -0.2) is 0 Å². The molecule has 5 aromatic carbocycles. The average molecular weight is 1040 g/mol. The van der Waals surface area contributed by atoms with E-state index in [4.69, 9.17) is 0 Å². The van der Waals surface area contributed by atoms with Crippen LogP contribution in [0.2, 0.25) is 0 Å². The summed E-state index contributed by atoms with van der Waals surface area (Å²) >= 11 is 0. The zero-order chi connectivity index (χ0) is 51.2. The molecule has 0 atom stereocenters. The Morgan fingerprint density at radius 2 is 1.39 bits per heavy atom. The fourth-order valence-electron chi connectivity index (χ4n) is 9.93. The highest BCUT2D eigenvalue weighted by Gasteiger charge is 2.46. The Kier molecular flexibility index (Phi) is 14.6. The van der Waals surface area contributed by atoms with E-state index in [1.165, 1.54) is 6.07 Å². The molecule has 0 unspecified atom stereocenters. The minimum absolute atomic E-state index is 0.0123. The van der Waals surface area contributed by atoms with Crippen LogP contribution in [0.1, 0.15) is 82.1 Å². The molecule has 2 aliphatic rings. The predicted octanol–water partition coefficient (Wildman–Crippen LogP) is 8.54. The van der Waals surface area contributed by atoms with Crippen molar-refractivity contribution in [2.45, 2.75) is 86.8 Å². The first kappa shape index (κ1) is 52.2. The summed E-state index contributed by atoms with van der Waals surface area (Å²) in [5.41, 5.74) is 4.73. The molecular weight excluding hydrogens is 981 g/mol. The highest BCUT2D eigenvalue weighted by Crippen LogP contribution is 2.51. The Bertz CT molecular complexity index is 3540. The molecule has 5 N–H and O–H groups in total. The van der Waals surface area contributed by atoms with Crippen molar-refractivity contribution in [2.24, 2.45) is 0 Å². The van der Waals surface area contributed by atoms with Gasteiger partial charge in [0, 0.05) is 59.3 Å². The van der Waals surface area contributed by atoms with Crippen LogP contribution in [0.5, 0.6) is 0 Å². The number of hydrogen-bond donors (Lipinski definition) is 5. The number of hydrogen-bond acceptors (Lipinski definition) is 10. The van der Waals surface area contributed by atoms with Crippen LogP contribution in [0, 0.1) is 0 Å². The summed E-state index contributed by atoms with van der Waals surface area (Å²) in [4.78, 5) is 11.8. The summed E-state index contributed by atoms with van der Waals surface area (Å²) in [6.07, 6.45) is 9.29. The molecule has 0 saturated heterocycles. The zero-order valence-corrected chi connectivity index (χ0v) is 42.2. The minimum atomic E-state index is -5.04. The summed E-state index contributed by atoms with van der Waals surface area (Å²) in [5, 5.41) is 11.3. The SMILES string of the molecule is CC1(C)C(=CC=C(C=CC2=[N+](CCCS(=O)(=O)O)c3ccc4c(S(=O)(=O)O)cc(S(=O)(=O)O)cc4c3C2(C)C)c2cccc(CCCCC(=O)O)c2)N(CCCS(=O)(=O)O)c2ccc3ccccc3c21. The van der Waals surface area contributed by atoms with Gasteiger partial charge in [0.15, 0.2) is 5.71 Å². The second-order valence-electron chi connectivity index (χ2n) is 18.6. The molecule has 0 radical (unpaired) electrons. The first-order valence-electron chi connectivity index (χ1n) is 22.4. The maximum absolute atomic E-state index is 12.7. The number of benzene rings is 5. The van der Waals surface area contributed by atoms with Gasteiger partial charge in [-0.2, -0.15) is 38.2 Å². The van der Waals surface area contributed by atoms with E-state index in [1.54, 1.807) is 24.5 Å². The molecule has 2 aliphatic heterocycles. The highest BCUT2D eigenvalue weighted by atomic mass is 32.2. The number of unbranched alkanes of at least 4 members (excludes halogenated alkanes) is 1. The Morgan fingerprint density at radius 1 is 0.686 bits per heavy atom. The molecule has 0 saturated carbocycles. The van der Waals surface area contributed by atoms with Crippen LogP contribution in [-0.2, 0) is 62.5 Å². The molecule has 0 amide bonds. The van der Waals surface area contributed by atoms with Crippen molar-refractivity contribution >= 4 is 90.6 Å². The van der Waals surface area contributed by atoms with Crippen LogP contribution >= 0.6 is 0 Å². The number of aliphatic carboxylic acids is 1. The summed E-state index contributed by atoms with van der Waals surface area (Å²) < 4.78 is 140. The van der Waals surface area contributed by atoms with E-state index < -0.39 is 78.6 Å². The van der Waals surface area contributed by atoms with Crippen molar-refractivity contribution in [3.8, 4) is 0 Å². The standard InChI is InChI=1S/C50H54N2O14S4/c1-49(2)44(51(26-10-28-67(55,56)57)41-22-18-35-14-6-7-16-38(35)47(41)49)24-19-34(36-15-9-13-33(30-36)12-5-8-17-46(53)54)20-25-45-50(3,4)48-40-31-37(69(61,62)63)32-43(70(64,65)66)39(40)21-23-42(48)52(45)27-11-29-68(58,59)60/h6-7,9,13-16,18-25,30-32H,5,8,10-12,17,26-29H2,1-4H3,(H4-,53,54,55,56,57,58,59,60,61,62,63,64,65,66)/p+1. The van der Waals surface area contributed by atoms with Gasteiger partial charge in [0.2, 0.25) is 5.69 Å². The fourth-order valence-corrected chi connectivity index (χ4v) is 12.3. The third kappa shape index (κ3) is 11.3. The van der Waals surface area contributed by atoms with Crippen molar-refractivity contribution in [1.29, 1.82) is 0 Å². The number of carbonyl (C=O) groups is 1. The number of carboxylic acid groups (broad SMARTS) is 1. The van der Waals surface area contributed by atoms with Gasteiger partial charge in [-0.1, -0.05) is 74.5 Å². The third-order valence-electron chi connectivity index (χ3n) is 13.0. The van der Waals surface area contributed by atoms with Crippen LogP contribution in [0.4, 0.5) is 11.4 Å². The lowest BCUT2D eigenvalue weighted by molar-refractivity contribution is -0.437. The van der Waals surface area contributed by atoms with Gasteiger partial charge in [-0.05, 0) is 114 Å². The normalized spacial score (nSPS) is 16.8. The molecular formula is C50H55N2O14S4+. The van der Waals surface area contributed by atoms with Crippen LogP contribution in [0.15, 0.2) is 125 Å². The first-order chi connectivity index (χ1) is 32.6. The molecule has 5 aromatic rings. The number of aryl methyl sites for hydroxylation is 1. The van der Waals surface area contributed by atoms with E-state index in [9.17, 15) is 61.8 Å². The summed E-state index contributed by atoms with van der Waals surface area (Å²) in [6, 6.07) is 24.4. The number of anilines is 1. The molecule has 0 spiro atoms. The number of fused-ring (bicyclic) bond motifs is 6. The van der Waals surface area contributed by atoms with Gasteiger partial charge in [0.05, 0.1) is 21.8 Å². The fraction of sp³-hybridized carbons (Fsp3) is 0.320.